The van der Waals surface area contributed by atoms with Gasteiger partial charge in [-0.2, -0.15) is 0 Å². The topological polar surface area (TPSA) is 65.4 Å². The van der Waals surface area contributed by atoms with Gasteiger partial charge in [-0.1, -0.05) is 11.3 Å². The van der Waals surface area contributed by atoms with E-state index >= 15 is 0 Å². The lowest BCUT2D eigenvalue weighted by molar-refractivity contribution is 0.426. The van der Waals surface area contributed by atoms with Crippen LogP contribution >= 0.6 is 22.7 Å². The van der Waals surface area contributed by atoms with E-state index in [1.165, 1.54) is 11.3 Å². The van der Waals surface area contributed by atoms with E-state index in [4.69, 9.17) is 10.5 Å². The van der Waals surface area contributed by atoms with Gasteiger partial charge in [0.05, 0.1) is 19.0 Å². The van der Waals surface area contributed by atoms with Crippen molar-refractivity contribution in [1.29, 1.82) is 0 Å². The van der Waals surface area contributed by atoms with Gasteiger partial charge in [-0.15, -0.1) is 11.3 Å². The van der Waals surface area contributed by atoms with Gasteiger partial charge >= 0.3 is 0 Å². The second-order valence-electron chi connectivity index (χ2n) is 3.11. The Bertz CT molecular complexity index is 639. The Morgan fingerprint density at radius 1 is 1.44 bits per heavy atom. The molecule has 16 heavy (non-hydrogen) atoms. The summed E-state index contributed by atoms with van der Waals surface area (Å²) in [5.41, 5.74) is 6.73. The highest BCUT2D eigenvalue weighted by Gasteiger charge is 2.12. The third-order valence-electron chi connectivity index (χ3n) is 2.20. The summed E-state index contributed by atoms with van der Waals surface area (Å²) in [5.74, 6) is 0.555. The van der Waals surface area contributed by atoms with Gasteiger partial charge < -0.3 is 10.5 Å². The van der Waals surface area contributed by atoms with E-state index in [9.17, 15) is 0 Å². The molecule has 3 aromatic rings. The summed E-state index contributed by atoms with van der Waals surface area (Å²) < 4.78 is 7.06. The van der Waals surface area contributed by atoms with Crippen molar-refractivity contribution in [3.8, 4) is 15.8 Å². The summed E-state index contributed by atoms with van der Waals surface area (Å²) in [6.45, 7) is 0. The van der Waals surface area contributed by atoms with Gasteiger partial charge in [0.2, 0.25) is 0 Å². The van der Waals surface area contributed by atoms with Gasteiger partial charge in [0.1, 0.15) is 16.2 Å². The van der Waals surface area contributed by atoms with E-state index in [1.807, 2.05) is 9.78 Å². The number of rotatable bonds is 2. The summed E-state index contributed by atoms with van der Waals surface area (Å²) in [4.78, 5) is 9.31. The first-order valence-electron chi connectivity index (χ1n) is 4.50. The zero-order chi connectivity index (χ0) is 11.1. The van der Waals surface area contributed by atoms with Crippen molar-refractivity contribution in [3.63, 3.8) is 0 Å². The van der Waals surface area contributed by atoms with Crippen molar-refractivity contribution in [2.45, 2.75) is 0 Å². The first-order chi connectivity index (χ1) is 7.79. The minimum Gasteiger partial charge on any atom is -0.486 e. The highest BCUT2D eigenvalue weighted by atomic mass is 32.1. The molecule has 0 aliphatic rings. The minimum absolute atomic E-state index is 0.555. The molecular formula is C9H8N4OS2. The Morgan fingerprint density at radius 2 is 2.31 bits per heavy atom. The van der Waals surface area contributed by atoms with Crippen LogP contribution in [0.2, 0.25) is 0 Å². The molecule has 3 heterocycles. The van der Waals surface area contributed by atoms with Crippen molar-refractivity contribution in [1.82, 2.24) is 14.4 Å². The smallest absolute Gasteiger partial charge is 0.194 e. The fourth-order valence-electron chi connectivity index (χ4n) is 1.43. The number of nitrogens with two attached hydrogens (primary N) is 1. The summed E-state index contributed by atoms with van der Waals surface area (Å²) in [5, 5.41) is 3.72. The molecule has 82 valence electrons. The largest absolute Gasteiger partial charge is 0.486 e. The quantitative estimate of drug-likeness (QED) is 0.758. The highest BCUT2D eigenvalue weighted by Crippen LogP contribution is 2.33. The Balaban J connectivity index is 2.18. The van der Waals surface area contributed by atoms with Gasteiger partial charge in [-0.3, -0.25) is 4.40 Å². The number of hydrogen-bond acceptors (Lipinski definition) is 6. The predicted octanol–water partition coefficient (Wildman–Crippen LogP) is 2.11. The molecule has 3 rings (SSSR count). The van der Waals surface area contributed by atoms with Gasteiger partial charge in [0.25, 0.3) is 0 Å². The second kappa shape index (κ2) is 3.46. The van der Waals surface area contributed by atoms with Crippen molar-refractivity contribution >= 4 is 33.3 Å². The van der Waals surface area contributed by atoms with E-state index in [1.54, 1.807) is 31.0 Å². The average molecular weight is 252 g/mol. The molecule has 0 aliphatic carbocycles. The number of nitrogens with zero attached hydrogens (tertiary/aromatic N) is 3. The number of imidazole rings is 1. The molecule has 0 spiro atoms. The molecule has 0 atom stereocenters. The summed E-state index contributed by atoms with van der Waals surface area (Å²) in [6, 6.07) is 0. The Morgan fingerprint density at radius 3 is 3.06 bits per heavy atom. The monoisotopic (exact) mass is 252 g/mol. The van der Waals surface area contributed by atoms with Crippen LogP contribution in [-0.2, 0) is 0 Å². The van der Waals surface area contributed by atoms with Crippen molar-refractivity contribution in [2.24, 2.45) is 0 Å². The number of methoxy groups -OCH3 is 1. The number of hydrogen-bond donors (Lipinski definition) is 1. The average Bonchev–Trinajstić information content (AvgIpc) is 2.96. The number of fused-ring (bicyclic) bond motifs is 1. The van der Waals surface area contributed by atoms with E-state index < -0.39 is 0 Å². The number of aromatic nitrogens is 3. The van der Waals surface area contributed by atoms with Crippen LogP contribution in [0.3, 0.4) is 0 Å². The lowest BCUT2D eigenvalue weighted by Gasteiger charge is -1.92. The van der Waals surface area contributed by atoms with E-state index in [-0.39, 0.29) is 0 Å². The number of nitrogen functional groups attached to an aromatic ring is 1. The number of thiazole rings is 2. The van der Waals surface area contributed by atoms with Gasteiger partial charge in [-0.05, 0) is 0 Å². The molecule has 0 amide bonds. The van der Waals surface area contributed by atoms with E-state index in [0.29, 0.717) is 5.82 Å². The van der Waals surface area contributed by atoms with Gasteiger partial charge in [0.15, 0.2) is 10.9 Å². The van der Waals surface area contributed by atoms with Crippen LogP contribution < -0.4 is 10.5 Å². The fourth-order valence-corrected chi connectivity index (χ4v) is 3.14. The maximum absolute atomic E-state index is 5.74. The maximum Gasteiger partial charge on any atom is 0.194 e. The molecule has 0 saturated heterocycles. The molecule has 0 aromatic carbocycles. The molecule has 0 bridgehead atoms. The molecule has 5 nitrogen and oxygen atoms in total. The Labute approximate surface area is 99.1 Å². The SMILES string of the molecule is COc1cnc(-c2csc3c(N)ncn23)s1. The number of anilines is 1. The molecule has 0 fully saturated rings. The molecule has 3 aromatic heterocycles. The molecular weight excluding hydrogens is 244 g/mol. The molecule has 0 saturated carbocycles. The van der Waals surface area contributed by atoms with E-state index in [2.05, 4.69) is 9.97 Å². The predicted molar refractivity (Wildman–Crippen MR) is 65.1 cm³/mol. The first kappa shape index (κ1) is 9.61. The van der Waals surface area contributed by atoms with Crippen LogP contribution in [0.25, 0.3) is 15.5 Å². The van der Waals surface area contributed by atoms with Crippen molar-refractivity contribution in [3.05, 3.63) is 17.9 Å². The van der Waals surface area contributed by atoms with Crippen LogP contribution in [0.5, 0.6) is 5.06 Å². The van der Waals surface area contributed by atoms with Crippen LogP contribution in [-0.4, -0.2) is 21.5 Å². The number of ether oxygens (including phenoxy) is 1. The van der Waals surface area contributed by atoms with Crippen LogP contribution in [0, 0.1) is 0 Å². The standard InChI is InChI=1S/C9H8N4OS2/c1-14-6-2-11-8(16-6)5-3-15-9-7(10)12-4-13(5)9/h2-4H,10H2,1H3. The van der Waals surface area contributed by atoms with Crippen molar-refractivity contribution < 1.29 is 4.74 Å². The summed E-state index contributed by atoms with van der Waals surface area (Å²) >= 11 is 3.06. The summed E-state index contributed by atoms with van der Waals surface area (Å²) in [7, 11) is 1.63. The molecule has 2 N–H and O–H groups in total. The third kappa shape index (κ3) is 1.29. The van der Waals surface area contributed by atoms with Gasteiger partial charge in [-0.25, -0.2) is 9.97 Å². The second-order valence-corrected chi connectivity index (χ2v) is 4.97. The highest BCUT2D eigenvalue weighted by molar-refractivity contribution is 7.18. The van der Waals surface area contributed by atoms with Gasteiger partial charge in [0, 0.05) is 5.38 Å². The zero-order valence-corrected chi connectivity index (χ0v) is 10.0. The lowest BCUT2D eigenvalue weighted by Crippen LogP contribution is -1.83. The Kier molecular flexibility index (Phi) is 2.08. The summed E-state index contributed by atoms with van der Waals surface area (Å²) in [6.07, 6.45) is 3.42. The maximum atomic E-state index is 5.74. The normalized spacial score (nSPS) is 11.1. The molecule has 0 radical (unpaired) electrons. The van der Waals surface area contributed by atoms with Crippen molar-refractivity contribution in [2.75, 3.05) is 12.8 Å². The van der Waals surface area contributed by atoms with Crippen LogP contribution in [0.15, 0.2) is 17.9 Å². The molecule has 0 aliphatic heterocycles. The fraction of sp³-hybridized carbons (Fsp3) is 0.111. The van der Waals surface area contributed by atoms with Crippen LogP contribution in [0.4, 0.5) is 5.82 Å². The Hall–Kier alpha value is -1.60. The first-order valence-corrected chi connectivity index (χ1v) is 6.19. The minimum atomic E-state index is 0.555. The lowest BCUT2D eigenvalue weighted by atomic mass is 10.5. The molecule has 0 unspecified atom stereocenters. The third-order valence-corrected chi connectivity index (χ3v) is 4.15. The van der Waals surface area contributed by atoms with Crippen LogP contribution in [0.1, 0.15) is 0 Å². The molecule has 7 heteroatoms. The van der Waals surface area contributed by atoms with E-state index in [0.717, 1.165) is 20.6 Å². The zero-order valence-electron chi connectivity index (χ0n) is 8.38.